The van der Waals surface area contributed by atoms with Crippen molar-refractivity contribution >= 4 is 5.97 Å². The maximum absolute atomic E-state index is 12.5. The molecule has 0 amide bonds. The summed E-state index contributed by atoms with van der Waals surface area (Å²) in [5.41, 5.74) is 0.721. The van der Waals surface area contributed by atoms with Gasteiger partial charge in [-0.1, -0.05) is 50.1 Å². The molecule has 0 saturated heterocycles. The summed E-state index contributed by atoms with van der Waals surface area (Å²) in [7, 11) is 0. The molecule has 1 aliphatic carbocycles. The van der Waals surface area contributed by atoms with E-state index in [4.69, 9.17) is 4.74 Å². The fourth-order valence-electron chi connectivity index (χ4n) is 3.32. The minimum Gasteiger partial charge on any atom is -0.465 e. The number of esters is 1. The van der Waals surface area contributed by atoms with Gasteiger partial charge in [-0.15, -0.1) is 0 Å². The fourth-order valence-corrected chi connectivity index (χ4v) is 3.32. The lowest BCUT2D eigenvalue weighted by molar-refractivity contribution is -0.153. The van der Waals surface area contributed by atoms with Crippen LogP contribution in [-0.4, -0.2) is 18.1 Å². The SMILES string of the molecule is CCOC(=O)C1(NCc2ccccc2)CCCC1CC. The lowest BCUT2D eigenvalue weighted by Crippen LogP contribution is -2.55. The molecule has 1 N–H and O–H groups in total. The molecule has 1 fully saturated rings. The first-order valence-corrected chi connectivity index (χ1v) is 7.69. The van der Waals surface area contributed by atoms with E-state index in [1.54, 1.807) is 0 Å². The molecule has 0 radical (unpaired) electrons. The van der Waals surface area contributed by atoms with E-state index in [0.717, 1.165) is 32.2 Å². The van der Waals surface area contributed by atoms with E-state index >= 15 is 0 Å². The third-order valence-corrected chi connectivity index (χ3v) is 4.40. The molecule has 3 nitrogen and oxygen atoms in total. The van der Waals surface area contributed by atoms with Crippen LogP contribution in [0.3, 0.4) is 0 Å². The Balaban J connectivity index is 2.12. The second-order valence-electron chi connectivity index (χ2n) is 5.53. The Kier molecular flexibility index (Phi) is 5.18. The Morgan fingerprint density at radius 1 is 1.35 bits per heavy atom. The highest BCUT2D eigenvalue weighted by Gasteiger charge is 2.48. The topological polar surface area (TPSA) is 38.3 Å². The van der Waals surface area contributed by atoms with E-state index in [0.29, 0.717) is 12.5 Å². The van der Waals surface area contributed by atoms with Gasteiger partial charge in [0.2, 0.25) is 0 Å². The fraction of sp³-hybridized carbons (Fsp3) is 0.588. The Bertz CT molecular complexity index is 432. The number of ether oxygens (including phenoxy) is 1. The van der Waals surface area contributed by atoms with Crippen molar-refractivity contribution in [3.05, 3.63) is 35.9 Å². The van der Waals surface area contributed by atoms with Crippen LogP contribution < -0.4 is 5.32 Å². The van der Waals surface area contributed by atoms with Gasteiger partial charge in [0, 0.05) is 6.54 Å². The maximum atomic E-state index is 12.5. The van der Waals surface area contributed by atoms with E-state index in [1.807, 2.05) is 25.1 Å². The maximum Gasteiger partial charge on any atom is 0.326 e. The predicted molar refractivity (Wildman–Crippen MR) is 80.3 cm³/mol. The first-order chi connectivity index (χ1) is 9.73. The molecule has 0 aliphatic heterocycles. The van der Waals surface area contributed by atoms with Crippen LogP contribution >= 0.6 is 0 Å². The lowest BCUT2D eigenvalue weighted by Gasteiger charge is -2.34. The van der Waals surface area contributed by atoms with Gasteiger partial charge in [-0.3, -0.25) is 10.1 Å². The van der Waals surface area contributed by atoms with Gasteiger partial charge in [-0.05, 0) is 31.2 Å². The van der Waals surface area contributed by atoms with Crippen molar-refractivity contribution in [2.24, 2.45) is 5.92 Å². The molecule has 20 heavy (non-hydrogen) atoms. The second kappa shape index (κ2) is 6.89. The van der Waals surface area contributed by atoms with Crippen LogP contribution in [0.5, 0.6) is 0 Å². The molecular formula is C17H25NO2. The number of carbonyl (C=O) groups excluding carboxylic acids is 1. The van der Waals surface area contributed by atoms with Crippen LogP contribution in [0.1, 0.15) is 45.1 Å². The minimum atomic E-state index is -0.486. The van der Waals surface area contributed by atoms with E-state index < -0.39 is 5.54 Å². The van der Waals surface area contributed by atoms with Crippen molar-refractivity contribution in [1.29, 1.82) is 0 Å². The average Bonchev–Trinajstić information content (AvgIpc) is 2.90. The highest BCUT2D eigenvalue weighted by atomic mass is 16.5. The highest BCUT2D eigenvalue weighted by molar-refractivity contribution is 5.81. The smallest absolute Gasteiger partial charge is 0.326 e. The first-order valence-electron chi connectivity index (χ1n) is 7.69. The van der Waals surface area contributed by atoms with Gasteiger partial charge in [0.1, 0.15) is 5.54 Å². The monoisotopic (exact) mass is 275 g/mol. The predicted octanol–water partition coefficient (Wildman–Crippen LogP) is 3.29. The minimum absolute atomic E-state index is 0.0692. The van der Waals surface area contributed by atoms with Gasteiger partial charge in [0.05, 0.1) is 6.61 Å². The molecule has 1 aliphatic rings. The summed E-state index contributed by atoms with van der Waals surface area (Å²) in [5.74, 6) is 0.311. The molecule has 1 aromatic rings. The number of rotatable bonds is 6. The Morgan fingerprint density at radius 3 is 2.75 bits per heavy atom. The number of nitrogens with one attached hydrogen (secondary N) is 1. The van der Waals surface area contributed by atoms with Crippen molar-refractivity contribution in [3.63, 3.8) is 0 Å². The van der Waals surface area contributed by atoms with Crippen molar-refractivity contribution in [1.82, 2.24) is 5.32 Å². The molecular weight excluding hydrogens is 250 g/mol. The van der Waals surface area contributed by atoms with Crippen LogP contribution in [0.15, 0.2) is 30.3 Å². The average molecular weight is 275 g/mol. The van der Waals surface area contributed by atoms with Crippen LogP contribution in [0.4, 0.5) is 0 Å². The molecule has 2 unspecified atom stereocenters. The molecule has 0 bridgehead atoms. The largest absolute Gasteiger partial charge is 0.465 e. The number of hydrogen-bond acceptors (Lipinski definition) is 3. The van der Waals surface area contributed by atoms with Gasteiger partial charge in [0.25, 0.3) is 0 Å². The van der Waals surface area contributed by atoms with Crippen molar-refractivity contribution in [2.45, 2.75) is 51.6 Å². The standard InChI is InChI=1S/C17H25NO2/c1-3-15-11-8-12-17(15,16(19)20-4-2)18-13-14-9-6-5-7-10-14/h5-7,9-10,15,18H,3-4,8,11-13H2,1-2H3. The van der Waals surface area contributed by atoms with Crippen molar-refractivity contribution in [2.75, 3.05) is 6.61 Å². The zero-order chi connectivity index (χ0) is 14.4. The molecule has 0 heterocycles. The van der Waals surface area contributed by atoms with Gasteiger partial charge < -0.3 is 4.74 Å². The summed E-state index contributed by atoms with van der Waals surface area (Å²) in [5, 5.41) is 3.52. The zero-order valence-electron chi connectivity index (χ0n) is 12.5. The molecule has 2 atom stereocenters. The molecule has 110 valence electrons. The van der Waals surface area contributed by atoms with Gasteiger partial charge >= 0.3 is 5.97 Å². The van der Waals surface area contributed by atoms with Crippen LogP contribution in [-0.2, 0) is 16.1 Å². The summed E-state index contributed by atoms with van der Waals surface area (Å²) in [6, 6.07) is 10.2. The lowest BCUT2D eigenvalue weighted by atomic mass is 9.84. The van der Waals surface area contributed by atoms with Crippen LogP contribution in [0.2, 0.25) is 0 Å². The van der Waals surface area contributed by atoms with Crippen LogP contribution in [0, 0.1) is 5.92 Å². The quantitative estimate of drug-likeness (QED) is 0.810. The Hall–Kier alpha value is -1.35. The second-order valence-corrected chi connectivity index (χ2v) is 5.53. The number of hydrogen-bond donors (Lipinski definition) is 1. The molecule has 3 heteroatoms. The third kappa shape index (κ3) is 3.04. The third-order valence-electron chi connectivity index (χ3n) is 4.40. The van der Waals surface area contributed by atoms with Crippen molar-refractivity contribution < 1.29 is 9.53 Å². The van der Waals surface area contributed by atoms with E-state index in [2.05, 4.69) is 24.4 Å². The molecule has 0 aromatic heterocycles. The summed E-state index contributed by atoms with van der Waals surface area (Å²) in [4.78, 5) is 12.5. The van der Waals surface area contributed by atoms with E-state index in [9.17, 15) is 4.79 Å². The summed E-state index contributed by atoms with van der Waals surface area (Å²) in [6.45, 7) is 5.20. The van der Waals surface area contributed by atoms with Gasteiger partial charge in [-0.25, -0.2) is 0 Å². The van der Waals surface area contributed by atoms with Crippen molar-refractivity contribution in [3.8, 4) is 0 Å². The van der Waals surface area contributed by atoms with E-state index in [-0.39, 0.29) is 5.97 Å². The van der Waals surface area contributed by atoms with Gasteiger partial charge in [-0.2, -0.15) is 0 Å². The summed E-state index contributed by atoms with van der Waals surface area (Å²) < 4.78 is 5.35. The van der Waals surface area contributed by atoms with Crippen LogP contribution in [0.25, 0.3) is 0 Å². The zero-order valence-corrected chi connectivity index (χ0v) is 12.5. The van der Waals surface area contributed by atoms with Gasteiger partial charge in [0.15, 0.2) is 0 Å². The number of carbonyl (C=O) groups is 1. The number of benzene rings is 1. The normalized spacial score (nSPS) is 25.6. The first kappa shape index (κ1) is 15.0. The molecule has 1 saturated carbocycles. The summed E-state index contributed by atoms with van der Waals surface area (Å²) in [6.07, 6.45) is 4.11. The summed E-state index contributed by atoms with van der Waals surface area (Å²) >= 11 is 0. The van der Waals surface area contributed by atoms with E-state index in [1.165, 1.54) is 5.56 Å². The molecule has 0 spiro atoms. The Labute approximate surface area is 121 Å². The molecule has 1 aromatic carbocycles. The molecule has 2 rings (SSSR count). The Morgan fingerprint density at radius 2 is 2.10 bits per heavy atom. The highest BCUT2D eigenvalue weighted by Crippen LogP contribution is 2.39.